The first-order valence-electron chi connectivity index (χ1n) is 5.88. The van der Waals surface area contributed by atoms with Crippen LogP contribution < -0.4 is 0 Å². The van der Waals surface area contributed by atoms with Crippen molar-refractivity contribution in [1.82, 2.24) is 0 Å². The molecule has 0 aromatic heterocycles. The summed E-state index contributed by atoms with van der Waals surface area (Å²) in [7, 11) is 0. The minimum Gasteiger partial charge on any atom is -0.294 e. The molecule has 2 aromatic rings. The van der Waals surface area contributed by atoms with E-state index in [1.807, 2.05) is 0 Å². The average Bonchev–Trinajstić information content (AvgIpc) is 2.40. The van der Waals surface area contributed by atoms with E-state index in [4.69, 9.17) is 11.6 Å². The lowest BCUT2D eigenvalue weighted by atomic mass is 9.97. The van der Waals surface area contributed by atoms with Gasteiger partial charge in [-0.1, -0.05) is 23.7 Å². The summed E-state index contributed by atoms with van der Waals surface area (Å²) in [6.45, 7) is 1.05. The van der Waals surface area contributed by atoms with Crippen molar-refractivity contribution in [3.63, 3.8) is 0 Å². The summed E-state index contributed by atoms with van der Waals surface area (Å²) in [5, 5.41) is 0.204. The Bertz CT molecular complexity index is 707. The van der Waals surface area contributed by atoms with Crippen LogP contribution in [0.4, 0.5) is 17.6 Å². The maximum absolute atomic E-state index is 13.7. The van der Waals surface area contributed by atoms with Crippen LogP contribution >= 0.6 is 11.6 Å². The number of hydrogen-bond donors (Lipinski definition) is 0. The van der Waals surface area contributed by atoms with Gasteiger partial charge in [0.1, 0.15) is 5.82 Å². The van der Waals surface area contributed by atoms with E-state index in [9.17, 15) is 22.4 Å². The monoisotopic (exact) mass is 316 g/mol. The van der Waals surface area contributed by atoms with Gasteiger partial charge in [0.2, 0.25) is 0 Å². The molecular weight excluding hydrogens is 308 g/mol. The van der Waals surface area contributed by atoms with E-state index in [-0.39, 0.29) is 16.1 Å². The van der Waals surface area contributed by atoms with E-state index >= 15 is 0 Å². The van der Waals surface area contributed by atoms with Gasteiger partial charge < -0.3 is 0 Å². The number of rotatable bonds is 2. The zero-order valence-corrected chi connectivity index (χ0v) is 11.5. The van der Waals surface area contributed by atoms with Crippen LogP contribution in [0.1, 0.15) is 22.8 Å². The molecule has 0 amide bonds. The van der Waals surface area contributed by atoms with E-state index in [0.29, 0.717) is 0 Å². The van der Waals surface area contributed by atoms with Crippen LogP contribution in [0.25, 0.3) is 11.1 Å². The summed E-state index contributed by atoms with van der Waals surface area (Å²) in [4.78, 5) is 11.3. The van der Waals surface area contributed by atoms with Gasteiger partial charge in [-0.25, -0.2) is 4.39 Å². The van der Waals surface area contributed by atoms with E-state index in [0.717, 1.165) is 25.1 Å². The fraction of sp³-hybridized carbons (Fsp3) is 0.133. The molecular formula is C15H9ClF4O. The van der Waals surface area contributed by atoms with Crippen LogP contribution in [0.3, 0.4) is 0 Å². The SMILES string of the molecule is CC(=O)c1ccc(-c2cc(Cl)ccc2F)cc1C(F)(F)F. The van der Waals surface area contributed by atoms with Crippen molar-refractivity contribution < 1.29 is 22.4 Å². The second kappa shape index (κ2) is 5.48. The Labute approximate surface area is 123 Å². The van der Waals surface area contributed by atoms with Gasteiger partial charge in [0.05, 0.1) is 5.56 Å². The summed E-state index contributed by atoms with van der Waals surface area (Å²) in [6.07, 6.45) is -4.70. The van der Waals surface area contributed by atoms with Crippen LogP contribution in [0.2, 0.25) is 5.02 Å². The molecule has 6 heteroatoms. The largest absolute Gasteiger partial charge is 0.417 e. The van der Waals surface area contributed by atoms with Crippen molar-refractivity contribution >= 4 is 17.4 Å². The zero-order valence-electron chi connectivity index (χ0n) is 10.8. The number of carbonyl (C=O) groups is 1. The average molecular weight is 317 g/mol. The molecule has 110 valence electrons. The smallest absolute Gasteiger partial charge is 0.294 e. The highest BCUT2D eigenvalue weighted by Crippen LogP contribution is 2.36. The van der Waals surface area contributed by atoms with Crippen LogP contribution in [0.15, 0.2) is 36.4 Å². The quantitative estimate of drug-likeness (QED) is 0.538. The van der Waals surface area contributed by atoms with Crippen LogP contribution in [0, 0.1) is 5.82 Å². The van der Waals surface area contributed by atoms with Crippen molar-refractivity contribution in [2.75, 3.05) is 0 Å². The first-order chi connectivity index (χ1) is 9.70. The highest BCUT2D eigenvalue weighted by atomic mass is 35.5. The molecule has 0 saturated carbocycles. The number of hydrogen-bond acceptors (Lipinski definition) is 1. The summed E-state index contributed by atoms with van der Waals surface area (Å²) in [5.41, 5.74) is -1.59. The standard InChI is InChI=1S/C15H9ClF4O/c1-8(21)11-4-2-9(6-13(11)15(18,19)20)12-7-10(16)3-5-14(12)17/h2-7H,1H3. The van der Waals surface area contributed by atoms with Gasteiger partial charge in [-0.2, -0.15) is 13.2 Å². The third-order valence-electron chi connectivity index (χ3n) is 2.94. The van der Waals surface area contributed by atoms with Gasteiger partial charge in [0.25, 0.3) is 0 Å². The Morgan fingerprint density at radius 1 is 1.10 bits per heavy atom. The molecule has 0 aliphatic heterocycles. The number of ketones is 1. The molecule has 0 fully saturated rings. The van der Waals surface area contributed by atoms with Gasteiger partial charge in [0.15, 0.2) is 5.78 Å². The van der Waals surface area contributed by atoms with Gasteiger partial charge in [0, 0.05) is 16.1 Å². The first kappa shape index (κ1) is 15.5. The molecule has 21 heavy (non-hydrogen) atoms. The molecule has 2 rings (SSSR count). The predicted octanol–water partition coefficient (Wildman–Crippen LogP) is 5.37. The van der Waals surface area contributed by atoms with E-state index in [2.05, 4.69) is 0 Å². The summed E-state index contributed by atoms with van der Waals surface area (Å²) in [5.74, 6) is -1.40. The van der Waals surface area contributed by atoms with Crippen molar-refractivity contribution in [1.29, 1.82) is 0 Å². The van der Waals surface area contributed by atoms with Crippen molar-refractivity contribution in [2.45, 2.75) is 13.1 Å². The van der Waals surface area contributed by atoms with Gasteiger partial charge in [-0.05, 0) is 36.8 Å². The molecule has 1 nitrogen and oxygen atoms in total. The second-order valence-electron chi connectivity index (χ2n) is 4.44. The third-order valence-corrected chi connectivity index (χ3v) is 3.18. The molecule has 0 aliphatic carbocycles. The Morgan fingerprint density at radius 3 is 2.33 bits per heavy atom. The Hall–Kier alpha value is -1.88. The van der Waals surface area contributed by atoms with Crippen LogP contribution in [-0.4, -0.2) is 5.78 Å². The number of Topliss-reactive ketones (excluding diaryl/α,β-unsaturated/α-hetero) is 1. The lowest BCUT2D eigenvalue weighted by Gasteiger charge is -2.13. The predicted molar refractivity (Wildman–Crippen MR) is 71.9 cm³/mol. The topological polar surface area (TPSA) is 17.1 Å². The fourth-order valence-electron chi connectivity index (χ4n) is 1.97. The summed E-state index contributed by atoms with van der Waals surface area (Å²) < 4.78 is 52.8. The van der Waals surface area contributed by atoms with E-state index in [1.165, 1.54) is 18.2 Å². The Kier molecular flexibility index (Phi) is 4.05. The summed E-state index contributed by atoms with van der Waals surface area (Å²) in [6, 6.07) is 6.67. The van der Waals surface area contributed by atoms with Gasteiger partial charge in [-0.15, -0.1) is 0 Å². The molecule has 0 N–H and O–H groups in total. The summed E-state index contributed by atoms with van der Waals surface area (Å²) >= 11 is 5.74. The number of benzene rings is 2. The van der Waals surface area contributed by atoms with E-state index in [1.54, 1.807) is 0 Å². The molecule has 0 aliphatic rings. The third kappa shape index (κ3) is 3.24. The number of halogens is 5. The molecule has 2 aromatic carbocycles. The molecule has 0 heterocycles. The lowest BCUT2D eigenvalue weighted by molar-refractivity contribution is -0.137. The van der Waals surface area contributed by atoms with Crippen LogP contribution in [-0.2, 0) is 6.18 Å². The molecule has 0 unspecified atom stereocenters. The number of carbonyl (C=O) groups excluding carboxylic acids is 1. The lowest BCUT2D eigenvalue weighted by Crippen LogP contribution is -2.12. The number of alkyl halides is 3. The maximum atomic E-state index is 13.7. The minimum atomic E-state index is -4.70. The normalized spacial score (nSPS) is 11.5. The minimum absolute atomic E-state index is 0.00678. The van der Waals surface area contributed by atoms with Gasteiger partial charge >= 0.3 is 6.18 Å². The highest BCUT2D eigenvalue weighted by molar-refractivity contribution is 6.30. The van der Waals surface area contributed by atoms with E-state index < -0.39 is 28.9 Å². The van der Waals surface area contributed by atoms with Crippen molar-refractivity contribution in [2.24, 2.45) is 0 Å². The van der Waals surface area contributed by atoms with Crippen LogP contribution in [0.5, 0.6) is 0 Å². The highest BCUT2D eigenvalue weighted by Gasteiger charge is 2.34. The molecule has 0 saturated heterocycles. The second-order valence-corrected chi connectivity index (χ2v) is 4.87. The Morgan fingerprint density at radius 2 is 1.76 bits per heavy atom. The molecule has 0 atom stereocenters. The maximum Gasteiger partial charge on any atom is 0.417 e. The molecule has 0 bridgehead atoms. The Balaban J connectivity index is 2.67. The zero-order chi connectivity index (χ0) is 15.8. The van der Waals surface area contributed by atoms with Crippen molar-refractivity contribution in [3.05, 3.63) is 58.4 Å². The van der Waals surface area contributed by atoms with Crippen molar-refractivity contribution in [3.8, 4) is 11.1 Å². The van der Waals surface area contributed by atoms with Gasteiger partial charge in [-0.3, -0.25) is 4.79 Å². The fourth-order valence-corrected chi connectivity index (χ4v) is 2.14. The molecule has 0 spiro atoms. The first-order valence-corrected chi connectivity index (χ1v) is 6.25. The molecule has 0 radical (unpaired) electrons.